The van der Waals surface area contributed by atoms with Crippen molar-refractivity contribution in [3.8, 4) is 0 Å². The zero-order valence-corrected chi connectivity index (χ0v) is 21.3. The van der Waals surface area contributed by atoms with Crippen LogP contribution in [-0.2, 0) is 9.59 Å². The van der Waals surface area contributed by atoms with E-state index in [4.69, 9.17) is 12.2 Å². The molecule has 1 fully saturated rings. The quantitative estimate of drug-likeness (QED) is 0.249. The summed E-state index contributed by atoms with van der Waals surface area (Å²) in [4.78, 5) is 32.5. The van der Waals surface area contributed by atoms with Crippen molar-refractivity contribution in [2.24, 2.45) is 0 Å². The van der Waals surface area contributed by atoms with E-state index >= 15 is 0 Å². The van der Waals surface area contributed by atoms with Crippen LogP contribution in [0.5, 0.6) is 0 Å². The van der Waals surface area contributed by atoms with Crippen molar-refractivity contribution in [3.05, 3.63) is 95.1 Å². The zero-order valence-electron chi connectivity index (χ0n) is 20.5. The molecule has 0 saturated carbocycles. The highest BCUT2D eigenvalue weighted by Gasteiger charge is 2.41. The van der Waals surface area contributed by atoms with Gasteiger partial charge in [-0.15, -0.1) is 0 Å². The number of carbonyl (C=O) groups is 2. The van der Waals surface area contributed by atoms with Gasteiger partial charge in [0.2, 0.25) is 0 Å². The number of nitrogens with zero attached hydrogens (tertiary/aromatic N) is 3. The second-order valence-electron chi connectivity index (χ2n) is 8.51. The minimum atomic E-state index is -0.431. The summed E-state index contributed by atoms with van der Waals surface area (Å²) < 4.78 is 0. The minimum absolute atomic E-state index is 0.0676. The predicted molar refractivity (Wildman–Crippen MR) is 148 cm³/mol. The van der Waals surface area contributed by atoms with Crippen LogP contribution in [-0.4, -0.2) is 30.0 Å². The minimum Gasteiger partial charge on any atom is -0.372 e. The van der Waals surface area contributed by atoms with Gasteiger partial charge in [-0.1, -0.05) is 48.0 Å². The highest BCUT2D eigenvalue weighted by atomic mass is 32.1. The van der Waals surface area contributed by atoms with E-state index in [-0.39, 0.29) is 10.7 Å². The van der Waals surface area contributed by atoms with Crippen LogP contribution in [0.1, 0.15) is 30.5 Å². The molecule has 0 unspecified atom stereocenters. The first kappa shape index (κ1) is 24.4. The van der Waals surface area contributed by atoms with Crippen LogP contribution in [0.15, 0.2) is 78.4 Å². The topological polar surface area (TPSA) is 43.9 Å². The van der Waals surface area contributed by atoms with Gasteiger partial charge in [-0.2, -0.15) is 0 Å². The molecule has 1 saturated heterocycles. The molecule has 4 rings (SSSR count). The number of thiocarbonyl (C=S) groups is 1. The Morgan fingerprint density at radius 1 is 0.829 bits per heavy atom. The molecule has 0 aliphatic carbocycles. The van der Waals surface area contributed by atoms with Crippen molar-refractivity contribution in [2.75, 3.05) is 27.8 Å². The van der Waals surface area contributed by atoms with Crippen molar-refractivity contribution < 1.29 is 9.59 Å². The van der Waals surface area contributed by atoms with Crippen LogP contribution < -0.4 is 14.7 Å². The van der Waals surface area contributed by atoms with E-state index in [9.17, 15) is 9.59 Å². The van der Waals surface area contributed by atoms with Gasteiger partial charge in [-0.05, 0) is 87.4 Å². The first-order valence-corrected chi connectivity index (χ1v) is 12.2. The number of para-hydroxylation sites is 1. The van der Waals surface area contributed by atoms with Crippen LogP contribution in [0.25, 0.3) is 6.08 Å². The molecular weight excluding hydrogens is 454 g/mol. The van der Waals surface area contributed by atoms with Crippen LogP contribution in [0.4, 0.5) is 17.1 Å². The highest BCUT2D eigenvalue weighted by Crippen LogP contribution is 2.32. The van der Waals surface area contributed by atoms with Gasteiger partial charge >= 0.3 is 0 Å². The summed E-state index contributed by atoms with van der Waals surface area (Å²) in [5.41, 5.74) is 5.22. The van der Waals surface area contributed by atoms with Crippen LogP contribution in [0.3, 0.4) is 0 Å². The van der Waals surface area contributed by atoms with E-state index in [1.54, 1.807) is 6.08 Å². The molecule has 0 N–H and O–H groups in total. The SMILES string of the molecule is CCN(CC)c1ccc(/C=C2\C(=O)N(c3ccccc3)C(=S)N(c3ccc(C)cc3C)C2=O)cc1. The van der Waals surface area contributed by atoms with Gasteiger partial charge in [0.1, 0.15) is 5.57 Å². The molecule has 1 aliphatic rings. The standard InChI is InChI=1S/C29H29N3O2S/c1-5-30(6-2)23-15-13-22(14-16-23)19-25-27(33)31(24-10-8-7-9-11-24)29(35)32(28(25)34)26-17-12-20(3)18-21(26)4/h7-19H,5-6H2,1-4H3/b25-19+. The van der Waals surface area contributed by atoms with Crippen molar-refractivity contribution in [3.63, 3.8) is 0 Å². The summed E-state index contributed by atoms with van der Waals surface area (Å²) in [5, 5.41) is 0.146. The van der Waals surface area contributed by atoms with E-state index in [0.717, 1.165) is 35.5 Å². The van der Waals surface area contributed by atoms with Gasteiger partial charge < -0.3 is 4.90 Å². The molecule has 0 bridgehead atoms. The van der Waals surface area contributed by atoms with E-state index in [0.29, 0.717) is 11.4 Å². The first-order valence-electron chi connectivity index (χ1n) is 11.8. The van der Waals surface area contributed by atoms with Crippen LogP contribution in [0.2, 0.25) is 0 Å². The lowest BCUT2D eigenvalue weighted by molar-refractivity contribution is -0.120. The second-order valence-corrected chi connectivity index (χ2v) is 8.88. The molecule has 0 aromatic heterocycles. The molecule has 3 aromatic rings. The maximum Gasteiger partial charge on any atom is 0.270 e. The Kier molecular flexibility index (Phi) is 7.12. The maximum atomic E-state index is 13.7. The smallest absolute Gasteiger partial charge is 0.270 e. The molecule has 5 nitrogen and oxygen atoms in total. The molecule has 0 spiro atoms. The summed E-state index contributed by atoms with van der Waals surface area (Å²) >= 11 is 5.73. The second kappa shape index (κ2) is 10.2. The average Bonchev–Trinajstić information content (AvgIpc) is 2.85. The molecule has 35 heavy (non-hydrogen) atoms. The molecule has 2 amide bonds. The molecule has 0 atom stereocenters. The normalized spacial score (nSPS) is 15.2. The number of aryl methyl sites for hydroxylation is 2. The number of carbonyl (C=O) groups excluding carboxylic acids is 2. The van der Waals surface area contributed by atoms with Crippen molar-refractivity contribution in [1.29, 1.82) is 0 Å². The number of benzene rings is 3. The van der Waals surface area contributed by atoms with Gasteiger partial charge in [0.05, 0.1) is 11.4 Å². The Bertz CT molecular complexity index is 1300. The van der Waals surface area contributed by atoms with Gasteiger partial charge in [-0.3, -0.25) is 19.4 Å². The van der Waals surface area contributed by atoms with E-state index in [1.165, 1.54) is 9.80 Å². The van der Waals surface area contributed by atoms with Gasteiger partial charge in [-0.25, -0.2) is 0 Å². The first-order chi connectivity index (χ1) is 16.8. The van der Waals surface area contributed by atoms with Crippen molar-refractivity contribution >= 4 is 52.3 Å². The van der Waals surface area contributed by atoms with Crippen LogP contribution >= 0.6 is 12.2 Å². The lowest BCUT2D eigenvalue weighted by Gasteiger charge is -2.37. The lowest BCUT2D eigenvalue weighted by Crippen LogP contribution is -2.57. The van der Waals surface area contributed by atoms with E-state index in [1.807, 2.05) is 86.6 Å². The molecule has 0 radical (unpaired) electrons. The summed E-state index contributed by atoms with van der Waals surface area (Å²) in [6.45, 7) is 9.98. The van der Waals surface area contributed by atoms with E-state index < -0.39 is 11.8 Å². The molecular formula is C29H29N3O2S. The fourth-order valence-electron chi connectivity index (χ4n) is 4.34. The number of anilines is 3. The summed E-state index contributed by atoms with van der Waals surface area (Å²) in [7, 11) is 0. The fourth-order valence-corrected chi connectivity index (χ4v) is 4.71. The highest BCUT2D eigenvalue weighted by molar-refractivity contribution is 7.81. The Morgan fingerprint density at radius 2 is 1.46 bits per heavy atom. The zero-order chi connectivity index (χ0) is 25.1. The summed E-state index contributed by atoms with van der Waals surface area (Å²) in [5.74, 6) is -0.855. The Morgan fingerprint density at radius 3 is 2.06 bits per heavy atom. The van der Waals surface area contributed by atoms with Gasteiger partial charge in [0.15, 0.2) is 5.11 Å². The van der Waals surface area contributed by atoms with E-state index in [2.05, 4.69) is 18.7 Å². The third-order valence-corrected chi connectivity index (χ3v) is 6.55. The molecule has 178 valence electrons. The number of hydrogen-bond acceptors (Lipinski definition) is 4. The monoisotopic (exact) mass is 483 g/mol. The number of rotatable bonds is 6. The average molecular weight is 484 g/mol. The number of amides is 2. The number of hydrogen-bond donors (Lipinski definition) is 0. The summed E-state index contributed by atoms with van der Waals surface area (Å²) in [6.07, 6.45) is 1.66. The fraction of sp³-hybridized carbons (Fsp3) is 0.207. The maximum absolute atomic E-state index is 13.7. The predicted octanol–water partition coefficient (Wildman–Crippen LogP) is 5.90. The molecule has 6 heteroatoms. The Hall–Kier alpha value is -3.77. The van der Waals surface area contributed by atoms with Gasteiger partial charge in [0, 0.05) is 18.8 Å². The largest absolute Gasteiger partial charge is 0.372 e. The van der Waals surface area contributed by atoms with Crippen molar-refractivity contribution in [2.45, 2.75) is 27.7 Å². The summed E-state index contributed by atoms with van der Waals surface area (Å²) in [6, 6.07) is 22.9. The Labute approximate surface area is 212 Å². The van der Waals surface area contributed by atoms with Gasteiger partial charge in [0.25, 0.3) is 11.8 Å². The third kappa shape index (κ3) is 4.75. The lowest BCUT2D eigenvalue weighted by atomic mass is 10.0. The van der Waals surface area contributed by atoms with Crippen molar-refractivity contribution in [1.82, 2.24) is 0 Å². The molecule has 3 aromatic carbocycles. The molecule has 1 aliphatic heterocycles. The Balaban J connectivity index is 1.82. The molecule has 1 heterocycles. The van der Waals surface area contributed by atoms with Crippen LogP contribution in [0, 0.1) is 13.8 Å². The third-order valence-electron chi connectivity index (χ3n) is 6.19.